The van der Waals surface area contributed by atoms with Crippen molar-refractivity contribution in [3.8, 4) is 0 Å². The average molecular weight is 386 g/mol. The Kier molecular flexibility index (Phi) is 11.5. The minimum Gasteiger partial charge on any atom is -0.399 e. The van der Waals surface area contributed by atoms with Crippen LogP contribution in [0.4, 0.5) is 5.69 Å². The Morgan fingerprint density at radius 1 is 0.760 bits per heavy atom. The molecule has 0 unspecified atom stereocenters. The number of nitrogens with zero attached hydrogens (tertiary/aromatic N) is 1. The molecule has 0 heterocycles. The summed E-state index contributed by atoms with van der Waals surface area (Å²) in [5.74, 6) is 0. The molecule has 0 saturated heterocycles. The Morgan fingerprint density at radius 2 is 1.12 bits per heavy atom. The SMILES string of the molecule is CC(C)[Si](C(C)C)(C(C)C)N(C)c1ccccc1.CO[SiH](OC)OC. The van der Waals surface area contributed by atoms with Gasteiger partial charge in [0, 0.05) is 27.0 Å². The maximum atomic E-state index is 4.74. The van der Waals surface area contributed by atoms with E-state index in [2.05, 4.69) is 83.5 Å². The first-order valence-electron chi connectivity index (χ1n) is 9.07. The third-order valence-corrected chi connectivity index (χ3v) is 13.2. The van der Waals surface area contributed by atoms with E-state index in [1.165, 1.54) is 5.69 Å². The fraction of sp³-hybridized carbons (Fsp3) is 0.684. The summed E-state index contributed by atoms with van der Waals surface area (Å²) in [7, 11) is 3.82. The van der Waals surface area contributed by atoms with E-state index in [9.17, 15) is 0 Å². The van der Waals surface area contributed by atoms with E-state index in [0.29, 0.717) is 0 Å². The molecule has 0 aliphatic heterocycles. The van der Waals surface area contributed by atoms with Gasteiger partial charge in [0.15, 0.2) is 8.24 Å². The molecule has 146 valence electrons. The first-order valence-corrected chi connectivity index (χ1v) is 12.7. The number of rotatable bonds is 8. The molecular weight excluding hydrogens is 346 g/mol. The lowest BCUT2D eigenvalue weighted by molar-refractivity contribution is 0.163. The van der Waals surface area contributed by atoms with Crippen LogP contribution in [0.3, 0.4) is 0 Å². The Bertz CT molecular complexity index is 424. The smallest absolute Gasteiger partial charge is 0.399 e. The Labute approximate surface area is 158 Å². The Morgan fingerprint density at radius 3 is 1.36 bits per heavy atom. The van der Waals surface area contributed by atoms with Gasteiger partial charge in [-0.3, -0.25) is 0 Å². The second-order valence-corrected chi connectivity index (χ2v) is 15.1. The van der Waals surface area contributed by atoms with Crippen molar-refractivity contribution in [1.29, 1.82) is 0 Å². The van der Waals surface area contributed by atoms with Crippen molar-refractivity contribution in [2.75, 3.05) is 32.9 Å². The predicted octanol–water partition coefficient (Wildman–Crippen LogP) is 4.94. The second-order valence-electron chi connectivity index (χ2n) is 7.24. The van der Waals surface area contributed by atoms with Crippen molar-refractivity contribution < 1.29 is 13.3 Å². The van der Waals surface area contributed by atoms with Gasteiger partial charge in [0.2, 0.25) is 0 Å². The number of benzene rings is 1. The zero-order valence-corrected chi connectivity index (χ0v) is 20.0. The third kappa shape index (κ3) is 6.22. The summed E-state index contributed by atoms with van der Waals surface area (Å²) >= 11 is 0. The van der Waals surface area contributed by atoms with E-state index in [-0.39, 0.29) is 0 Å². The van der Waals surface area contributed by atoms with Crippen LogP contribution in [-0.4, -0.2) is 46.1 Å². The maximum absolute atomic E-state index is 4.74. The Balaban J connectivity index is 0.000000697. The molecule has 1 aromatic carbocycles. The average Bonchev–Trinajstić information content (AvgIpc) is 2.57. The van der Waals surface area contributed by atoms with Gasteiger partial charge in [-0.25, -0.2) is 0 Å². The summed E-state index contributed by atoms with van der Waals surface area (Å²) < 4.78 is 16.9. The van der Waals surface area contributed by atoms with E-state index in [1.807, 2.05) is 0 Å². The van der Waals surface area contributed by atoms with E-state index in [1.54, 1.807) is 21.3 Å². The second kappa shape index (κ2) is 11.9. The van der Waals surface area contributed by atoms with Crippen LogP contribution in [0.1, 0.15) is 41.5 Å². The van der Waals surface area contributed by atoms with Crippen molar-refractivity contribution in [3.63, 3.8) is 0 Å². The topological polar surface area (TPSA) is 30.9 Å². The van der Waals surface area contributed by atoms with Crippen LogP contribution in [0, 0.1) is 0 Å². The molecule has 1 aromatic rings. The van der Waals surface area contributed by atoms with Crippen LogP contribution in [0.5, 0.6) is 0 Å². The van der Waals surface area contributed by atoms with Gasteiger partial charge in [-0.15, -0.1) is 0 Å². The molecule has 0 N–H and O–H groups in total. The first kappa shape index (κ1) is 24.3. The number of hydrogen-bond acceptors (Lipinski definition) is 4. The van der Waals surface area contributed by atoms with Gasteiger partial charge >= 0.3 is 9.53 Å². The monoisotopic (exact) mass is 385 g/mol. The first-order chi connectivity index (χ1) is 11.7. The molecule has 0 aliphatic rings. The molecule has 0 aromatic heterocycles. The molecule has 0 aliphatic carbocycles. The minimum atomic E-state index is -1.67. The highest BCUT2D eigenvalue weighted by molar-refractivity contribution is 6.86. The van der Waals surface area contributed by atoms with E-state index in [0.717, 1.165) is 16.6 Å². The van der Waals surface area contributed by atoms with Gasteiger partial charge in [0.1, 0.15) is 0 Å². The molecule has 0 fully saturated rings. The number of anilines is 1. The fourth-order valence-electron chi connectivity index (χ4n) is 4.33. The molecule has 0 saturated carbocycles. The molecule has 0 atom stereocenters. The van der Waals surface area contributed by atoms with Gasteiger partial charge in [-0.2, -0.15) is 0 Å². The van der Waals surface area contributed by atoms with Gasteiger partial charge in [-0.05, 0) is 35.8 Å². The molecular formula is C19H39NO3Si2. The molecule has 0 bridgehead atoms. The Hall–Kier alpha value is -0.666. The van der Waals surface area contributed by atoms with Crippen molar-refractivity contribution in [3.05, 3.63) is 30.3 Å². The fourth-order valence-corrected chi connectivity index (χ4v) is 11.8. The molecule has 0 amide bonds. The number of hydrogen-bond donors (Lipinski definition) is 0. The van der Waals surface area contributed by atoms with Crippen LogP contribution in [0.15, 0.2) is 30.3 Å². The molecule has 1 rings (SSSR count). The molecule has 4 nitrogen and oxygen atoms in total. The van der Waals surface area contributed by atoms with E-state index >= 15 is 0 Å². The van der Waals surface area contributed by atoms with Crippen molar-refractivity contribution in [1.82, 2.24) is 0 Å². The summed E-state index contributed by atoms with van der Waals surface area (Å²) in [4.78, 5) is 0. The standard InChI is InChI=1S/C16H29NSi.C3H10O3Si/c1-13(2)18(14(3)4,15(5)6)17(7)16-11-9-8-10-12-16;1-4-7(5-2)6-3/h8-15H,1-7H3;7H,1-3H3. The summed E-state index contributed by atoms with van der Waals surface area (Å²) in [6.07, 6.45) is 0. The normalized spacial score (nSPS) is 11.9. The van der Waals surface area contributed by atoms with Gasteiger partial charge in [0.05, 0.1) is 0 Å². The van der Waals surface area contributed by atoms with Crippen LogP contribution >= 0.6 is 0 Å². The zero-order chi connectivity index (χ0) is 19.6. The molecule has 25 heavy (non-hydrogen) atoms. The third-order valence-electron chi connectivity index (χ3n) is 5.08. The molecule has 0 radical (unpaired) electrons. The van der Waals surface area contributed by atoms with Crippen LogP contribution in [0.2, 0.25) is 16.6 Å². The summed E-state index contributed by atoms with van der Waals surface area (Å²) in [5, 5.41) is 0. The van der Waals surface area contributed by atoms with Crippen molar-refractivity contribution in [2.45, 2.75) is 58.2 Å². The summed E-state index contributed by atoms with van der Waals surface area (Å²) in [6, 6.07) is 10.9. The van der Waals surface area contributed by atoms with Crippen LogP contribution < -0.4 is 4.57 Å². The maximum Gasteiger partial charge on any atom is 0.483 e. The van der Waals surface area contributed by atoms with Gasteiger partial charge in [-0.1, -0.05) is 59.7 Å². The summed E-state index contributed by atoms with van der Waals surface area (Å²) in [6.45, 7) is 14.5. The zero-order valence-electron chi connectivity index (χ0n) is 17.9. The largest absolute Gasteiger partial charge is 0.483 e. The van der Waals surface area contributed by atoms with E-state index in [4.69, 9.17) is 13.3 Å². The molecule has 6 heteroatoms. The highest BCUT2D eigenvalue weighted by Gasteiger charge is 2.47. The molecule has 0 spiro atoms. The lowest BCUT2D eigenvalue weighted by Crippen LogP contribution is -2.59. The van der Waals surface area contributed by atoms with E-state index < -0.39 is 17.8 Å². The quantitative estimate of drug-likeness (QED) is 0.593. The highest BCUT2D eigenvalue weighted by Crippen LogP contribution is 2.44. The lowest BCUT2D eigenvalue weighted by Gasteiger charge is -2.50. The summed E-state index contributed by atoms with van der Waals surface area (Å²) in [5.41, 5.74) is 3.63. The van der Waals surface area contributed by atoms with Gasteiger partial charge in [0.25, 0.3) is 0 Å². The van der Waals surface area contributed by atoms with Gasteiger partial charge < -0.3 is 17.8 Å². The van der Waals surface area contributed by atoms with Crippen LogP contribution in [-0.2, 0) is 13.3 Å². The predicted molar refractivity (Wildman–Crippen MR) is 114 cm³/mol. The highest BCUT2D eigenvalue weighted by atomic mass is 28.3. The lowest BCUT2D eigenvalue weighted by atomic mass is 10.3. The minimum absolute atomic E-state index is 0.753. The van der Waals surface area contributed by atoms with Crippen molar-refractivity contribution >= 4 is 23.5 Å². The van der Waals surface area contributed by atoms with Crippen LogP contribution in [0.25, 0.3) is 0 Å². The van der Waals surface area contributed by atoms with Crippen molar-refractivity contribution in [2.24, 2.45) is 0 Å². The number of para-hydroxylation sites is 1.